The van der Waals surface area contributed by atoms with Gasteiger partial charge in [-0.25, -0.2) is 0 Å². The fourth-order valence-electron chi connectivity index (χ4n) is 2.37. The topological polar surface area (TPSA) is 66.5 Å². The average Bonchev–Trinajstić information content (AvgIpc) is 2.93. The van der Waals surface area contributed by atoms with Crippen LogP contribution in [0.3, 0.4) is 0 Å². The Kier molecular flexibility index (Phi) is 8.38. The number of nitrogens with zero attached hydrogens (tertiary/aromatic N) is 3. The molecule has 0 aliphatic carbocycles. The average molecular weight is 267 g/mol. The van der Waals surface area contributed by atoms with E-state index in [0.29, 0.717) is 6.04 Å². The highest BCUT2D eigenvalue weighted by molar-refractivity contribution is 4.87. The van der Waals surface area contributed by atoms with Gasteiger partial charge in [0.05, 0.1) is 6.04 Å². The van der Waals surface area contributed by atoms with E-state index in [1.54, 1.807) is 0 Å². The van der Waals surface area contributed by atoms with Gasteiger partial charge in [-0.2, -0.15) is 5.21 Å². The highest BCUT2D eigenvalue weighted by atomic mass is 15.5. The van der Waals surface area contributed by atoms with Gasteiger partial charge in [-0.05, 0) is 19.8 Å². The first kappa shape index (κ1) is 16.1. The molecule has 0 spiro atoms. The van der Waals surface area contributed by atoms with Gasteiger partial charge in [0.1, 0.15) is 0 Å². The molecule has 5 nitrogen and oxygen atoms in total. The Morgan fingerprint density at radius 1 is 1.05 bits per heavy atom. The van der Waals surface area contributed by atoms with Gasteiger partial charge in [0, 0.05) is 6.04 Å². The summed E-state index contributed by atoms with van der Waals surface area (Å²) in [5.74, 6) is 0.760. The van der Waals surface area contributed by atoms with Crippen molar-refractivity contribution in [2.75, 3.05) is 0 Å². The SMILES string of the molecule is CCCCCC(CCCCC)NC(C)c1nn[nH]n1. The molecule has 0 bridgehead atoms. The molecule has 0 aromatic carbocycles. The molecule has 1 aromatic rings. The first-order valence-electron chi connectivity index (χ1n) is 7.77. The molecule has 0 amide bonds. The van der Waals surface area contributed by atoms with E-state index in [-0.39, 0.29) is 6.04 Å². The summed E-state index contributed by atoms with van der Waals surface area (Å²) < 4.78 is 0. The number of tetrazole rings is 1. The number of aromatic amines is 1. The number of unbranched alkanes of at least 4 members (excludes halogenated alkanes) is 4. The van der Waals surface area contributed by atoms with Crippen LogP contribution in [0.4, 0.5) is 0 Å². The van der Waals surface area contributed by atoms with Gasteiger partial charge in [0.15, 0.2) is 5.82 Å². The predicted octanol–water partition coefficient (Wildman–Crippen LogP) is 3.38. The second-order valence-corrected chi connectivity index (χ2v) is 5.35. The van der Waals surface area contributed by atoms with E-state index >= 15 is 0 Å². The number of nitrogens with one attached hydrogen (secondary N) is 2. The van der Waals surface area contributed by atoms with Crippen LogP contribution in [0.15, 0.2) is 0 Å². The van der Waals surface area contributed by atoms with Crippen LogP contribution >= 0.6 is 0 Å². The van der Waals surface area contributed by atoms with E-state index in [0.717, 1.165) is 5.82 Å². The number of H-pyrrole nitrogens is 1. The molecule has 0 aliphatic rings. The zero-order chi connectivity index (χ0) is 13.9. The smallest absolute Gasteiger partial charge is 0.191 e. The fourth-order valence-corrected chi connectivity index (χ4v) is 2.37. The van der Waals surface area contributed by atoms with Gasteiger partial charge in [-0.3, -0.25) is 0 Å². The Balaban J connectivity index is 2.37. The molecule has 1 atom stereocenters. The quantitative estimate of drug-likeness (QED) is 0.603. The third-order valence-electron chi connectivity index (χ3n) is 3.55. The van der Waals surface area contributed by atoms with Crippen molar-refractivity contribution in [1.82, 2.24) is 25.9 Å². The van der Waals surface area contributed by atoms with E-state index in [2.05, 4.69) is 46.7 Å². The number of hydrogen-bond donors (Lipinski definition) is 2. The second-order valence-electron chi connectivity index (χ2n) is 5.35. The Hall–Kier alpha value is -0.970. The lowest BCUT2D eigenvalue weighted by Gasteiger charge is -2.21. The summed E-state index contributed by atoms with van der Waals surface area (Å²) >= 11 is 0. The third kappa shape index (κ3) is 6.66. The molecule has 0 aliphatic heterocycles. The lowest BCUT2D eigenvalue weighted by atomic mass is 10.0. The van der Waals surface area contributed by atoms with Gasteiger partial charge in [0.25, 0.3) is 0 Å². The first-order valence-corrected chi connectivity index (χ1v) is 7.77. The van der Waals surface area contributed by atoms with Crippen LogP contribution in [0.2, 0.25) is 0 Å². The van der Waals surface area contributed by atoms with Crippen LogP contribution in [0.25, 0.3) is 0 Å². The summed E-state index contributed by atoms with van der Waals surface area (Å²) in [6.45, 7) is 6.61. The number of aromatic nitrogens is 4. The van der Waals surface area contributed by atoms with E-state index in [9.17, 15) is 0 Å². The van der Waals surface area contributed by atoms with Gasteiger partial charge < -0.3 is 5.32 Å². The standard InChI is InChI=1S/C14H29N5/c1-4-6-8-10-13(11-9-7-5-2)15-12(3)14-16-18-19-17-14/h12-13,15H,4-11H2,1-3H3,(H,16,17,18,19). The largest absolute Gasteiger partial charge is 0.305 e. The monoisotopic (exact) mass is 267 g/mol. The molecule has 5 heteroatoms. The van der Waals surface area contributed by atoms with E-state index in [4.69, 9.17) is 0 Å². The minimum absolute atomic E-state index is 0.173. The van der Waals surface area contributed by atoms with Crippen molar-refractivity contribution in [2.45, 2.75) is 84.2 Å². The van der Waals surface area contributed by atoms with Gasteiger partial charge >= 0.3 is 0 Å². The first-order chi connectivity index (χ1) is 9.27. The minimum Gasteiger partial charge on any atom is -0.305 e. The van der Waals surface area contributed by atoms with Crippen molar-refractivity contribution >= 4 is 0 Å². The minimum atomic E-state index is 0.173. The molecule has 1 rings (SSSR count). The number of rotatable bonds is 11. The molecule has 0 saturated heterocycles. The molecular weight excluding hydrogens is 238 g/mol. The predicted molar refractivity (Wildman–Crippen MR) is 77.8 cm³/mol. The molecule has 110 valence electrons. The fraction of sp³-hybridized carbons (Fsp3) is 0.929. The molecule has 2 N–H and O–H groups in total. The Bertz CT molecular complexity index is 289. The normalized spacial score (nSPS) is 13.1. The lowest BCUT2D eigenvalue weighted by Crippen LogP contribution is -2.32. The summed E-state index contributed by atoms with van der Waals surface area (Å²) in [7, 11) is 0. The van der Waals surface area contributed by atoms with E-state index in [1.807, 2.05) is 0 Å². The zero-order valence-corrected chi connectivity index (χ0v) is 12.7. The summed E-state index contributed by atoms with van der Waals surface area (Å²) in [6.07, 6.45) is 10.3. The van der Waals surface area contributed by atoms with Crippen molar-refractivity contribution in [3.8, 4) is 0 Å². The van der Waals surface area contributed by atoms with E-state index < -0.39 is 0 Å². The molecular formula is C14H29N5. The Labute approximate surface area is 116 Å². The molecule has 1 unspecified atom stereocenters. The summed E-state index contributed by atoms with van der Waals surface area (Å²) in [5.41, 5.74) is 0. The molecule has 0 saturated carbocycles. The molecule has 1 heterocycles. The third-order valence-corrected chi connectivity index (χ3v) is 3.55. The van der Waals surface area contributed by atoms with Crippen LogP contribution in [0.1, 0.15) is 84.0 Å². The number of hydrogen-bond acceptors (Lipinski definition) is 4. The Morgan fingerprint density at radius 2 is 1.68 bits per heavy atom. The zero-order valence-electron chi connectivity index (χ0n) is 12.7. The molecule has 0 radical (unpaired) electrons. The second kappa shape index (κ2) is 9.89. The summed E-state index contributed by atoms with van der Waals surface area (Å²) in [4.78, 5) is 0. The van der Waals surface area contributed by atoms with Crippen molar-refractivity contribution in [1.29, 1.82) is 0 Å². The maximum absolute atomic E-state index is 4.05. The maximum atomic E-state index is 4.05. The van der Waals surface area contributed by atoms with Crippen molar-refractivity contribution in [3.05, 3.63) is 5.82 Å². The molecule has 19 heavy (non-hydrogen) atoms. The van der Waals surface area contributed by atoms with Crippen LogP contribution in [0, 0.1) is 0 Å². The van der Waals surface area contributed by atoms with Gasteiger partial charge in [0.2, 0.25) is 0 Å². The van der Waals surface area contributed by atoms with Crippen molar-refractivity contribution in [2.24, 2.45) is 0 Å². The van der Waals surface area contributed by atoms with Gasteiger partial charge in [-0.1, -0.05) is 57.6 Å². The van der Waals surface area contributed by atoms with Crippen LogP contribution in [-0.2, 0) is 0 Å². The van der Waals surface area contributed by atoms with E-state index in [1.165, 1.54) is 51.4 Å². The summed E-state index contributed by atoms with van der Waals surface area (Å²) in [5, 5.41) is 17.9. The van der Waals surface area contributed by atoms with Crippen LogP contribution in [-0.4, -0.2) is 26.7 Å². The van der Waals surface area contributed by atoms with Gasteiger partial charge in [-0.15, -0.1) is 10.2 Å². The highest BCUT2D eigenvalue weighted by Crippen LogP contribution is 2.15. The lowest BCUT2D eigenvalue weighted by molar-refractivity contribution is 0.377. The highest BCUT2D eigenvalue weighted by Gasteiger charge is 2.15. The summed E-state index contributed by atoms with van der Waals surface area (Å²) in [6, 6.07) is 0.749. The Morgan fingerprint density at radius 3 is 2.16 bits per heavy atom. The van der Waals surface area contributed by atoms with Crippen molar-refractivity contribution in [3.63, 3.8) is 0 Å². The van der Waals surface area contributed by atoms with Crippen molar-refractivity contribution < 1.29 is 0 Å². The maximum Gasteiger partial charge on any atom is 0.191 e. The molecule has 0 fully saturated rings. The van der Waals surface area contributed by atoms with Crippen LogP contribution in [0.5, 0.6) is 0 Å². The molecule has 1 aromatic heterocycles. The van der Waals surface area contributed by atoms with Crippen LogP contribution < -0.4 is 5.32 Å².